The van der Waals surface area contributed by atoms with Gasteiger partial charge in [0.05, 0.1) is 12.5 Å². The van der Waals surface area contributed by atoms with E-state index in [0.29, 0.717) is 18.8 Å². The second-order valence-electron chi connectivity index (χ2n) is 6.85. The fourth-order valence-electron chi connectivity index (χ4n) is 3.11. The molecule has 0 saturated carbocycles. The van der Waals surface area contributed by atoms with E-state index in [1.165, 1.54) is 0 Å². The van der Waals surface area contributed by atoms with Gasteiger partial charge in [0.15, 0.2) is 0 Å². The molecule has 1 atom stereocenters. The van der Waals surface area contributed by atoms with Crippen molar-refractivity contribution in [3.05, 3.63) is 90.5 Å². The van der Waals surface area contributed by atoms with Gasteiger partial charge in [0.25, 0.3) is 0 Å². The van der Waals surface area contributed by atoms with Crippen LogP contribution < -0.4 is 21.7 Å². The topological polar surface area (TPSA) is 96.2 Å². The third-order valence-electron chi connectivity index (χ3n) is 4.61. The van der Waals surface area contributed by atoms with Gasteiger partial charge in [-0.2, -0.15) is 0 Å². The summed E-state index contributed by atoms with van der Waals surface area (Å²) in [4.78, 5) is 24.7. The molecule has 0 aliphatic carbocycles. The largest absolute Gasteiger partial charge is 0.355 e. The first-order valence-electron chi connectivity index (χ1n) is 9.90. The van der Waals surface area contributed by atoms with E-state index in [-0.39, 0.29) is 18.4 Å². The molecular weight excluding hydrogens is 376 g/mol. The molecule has 0 aliphatic rings. The van der Waals surface area contributed by atoms with Crippen molar-refractivity contribution in [2.24, 2.45) is 5.73 Å². The molecule has 0 aromatic heterocycles. The van der Waals surface area contributed by atoms with Crippen LogP contribution >= 0.6 is 0 Å². The van der Waals surface area contributed by atoms with Crippen LogP contribution in [0.25, 0.3) is 11.1 Å². The molecule has 3 rings (SSSR count). The van der Waals surface area contributed by atoms with Crippen LogP contribution in [0.3, 0.4) is 0 Å². The molecule has 0 radical (unpaired) electrons. The summed E-state index contributed by atoms with van der Waals surface area (Å²) < 4.78 is 0. The van der Waals surface area contributed by atoms with Crippen molar-refractivity contribution in [3.63, 3.8) is 0 Å². The summed E-state index contributed by atoms with van der Waals surface area (Å²) in [6.45, 7) is 0.773. The van der Waals surface area contributed by atoms with Crippen LogP contribution in [0, 0.1) is 0 Å². The zero-order valence-electron chi connectivity index (χ0n) is 16.7. The molecule has 3 amide bonds. The van der Waals surface area contributed by atoms with E-state index in [2.05, 4.69) is 16.0 Å². The lowest BCUT2D eigenvalue weighted by molar-refractivity contribution is -0.121. The molecule has 5 N–H and O–H groups in total. The Morgan fingerprint density at radius 1 is 0.800 bits per heavy atom. The quantitative estimate of drug-likeness (QED) is 0.463. The zero-order valence-corrected chi connectivity index (χ0v) is 16.7. The van der Waals surface area contributed by atoms with Gasteiger partial charge in [0, 0.05) is 18.8 Å². The third-order valence-corrected chi connectivity index (χ3v) is 4.61. The highest BCUT2D eigenvalue weighted by atomic mass is 16.2. The van der Waals surface area contributed by atoms with E-state index < -0.39 is 6.04 Å². The molecule has 3 aromatic carbocycles. The Kier molecular flexibility index (Phi) is 7.58. The van der Waals surface area contributed by atoms with Gasteiger partial charge in [-0.1, -0.05) is 72.8 Å². The Balaban J connectivity index is 1.64. The average Bonchev–Trinajstić information content (AvgIpc) is 2.79. The lowest BCUT2D eigenvalue weighted by atomic mass is 10.0. The first-order valence-corrected chi connectivity index (χ1v) is 9.90. The van der Waals surface area contributed by atoms with E-state index in [1.54, 1.807) is 0 Å². The summed E-state index contributed by atoms with van der Waals surface area (Å²) >= 11 is 0. The zero-order chi connectivity index (χ0) is 21.2. The standard InChI is InChI=1S/C24H26N4O2/c25-15-16-26-23(29)17-22(20-9-5-2-6-10-20)28-24(30)27-21-13-11-19(12-14-21)18-7-3-1-4-8-18/h1-14,22H,15-17,25H2,(H,26,29)(H2,27,28,30). The van der Waals surface area contributed by atoms with E-state index in [4.69, 9.17) is 5.73 Å². The Morgan fingerprint density at radius 2 is 1.40 bits per heavy atom. The molecule has 30 heavy (non-hydrogen) atoms. The Hall–Kier alpha value is -3.64. The first-order chi connectivity index (χ1) is 14.7. The predicted octanol–water partition coefficient (Wildman–Crippen LogP) is 3.68. The number of carbonyl (C=O) groups excluding carboxylic acids is 2. The number of anilines is 1. The number of amides is 3. The number of benzene rings is 3. The van der Waals surface area contributed by atoms with Gasteiger partial charge in [0.1, 0.15) is 0 Å². The summed E-state index contributed by atoms with van der Waals surface area (Å²) in [5.41, 5.74) is 9.15. The van der Waals surface area contributed by atoms with Crippen molar-refractivity contribution in [1.82, 2.24) is 10.6 Å². The van der Waals surface area contributed by atoms with Crippen molar-refractivity contribution in [3.8, 4) is 11.1 Å². The van der Waals surface area contributed by atoms with Crippen LogP contribution in [-0.4, -0.2) is 25.0 Å². The molecule has 1 unspecified atom stereocenters. The number of nitrogens with two attached hydrogens (primary N) is 1. The molecule has 0 saturated heterocycles. The van der Waals surface area contributed by atoms with Crippen LogP contribution in [0.5, 0.6) is 0 Å². The maximum Gasteiger partial charge on any atom is 0.319 e. The van der Waals surface area contributed by atoms with Gasteiger partial charge in [-0.05, 0) is 28.8 Å². The fraction of sp³-hybridized carbons (Fsp3) is 0.167. The highest BCUT2D eigenvalue weighted by molar-refractivity contribution is 5.90. The molecule has 0 bridgehead atoms. The van der Waals surface area contributed by atoms with Crippen molar-refractivity contribution < 1.29 is 9.59 Å². The lowest BCUT2D eigenvalue weighted by Gasteiger charge is -2.19. The summed E-state index contributed by atoms with van der Waals surface area (Å²) in [6.07, 6.45) is 0.129. The van der Waals surface area contributed by atoms with Crippen molar-refractivity contribution in [2.45, 2.75) is 12.5 Å². The van der Waals surface area contributed by atoms with Crippen molar-refractivity contribution in [2.75, 3.05) is 18.4 Å². The molecule has 3 aromatic rings. The predicted molar refractivity (Wildman–Crippen MR) is 120 cm³/mol. The van der Waals surface area contributed by atoms with Gasteiger partial charge in [-0.15, -0.1) is 0 Å². The maximum absolute atomic E-state index is 12.6. The molecule has 0 spiro atoms. The number of rotatable bonds is 8. The lowest BCUT2D eigenvalue weighted by Crippen LogP contribution is -2.37. The van der Waals surface area contributed by atoms with Gasteiger partial charge in [0.2, 0.25) is 5.91 Å². The van der Waals surface area contributed by atoms with E-state index in [0.717, 1.165) is 16.7 Å². The minimum atomic E-state index is -0.451. The Bertz CT molecular complexity index is 944. The number of carbonyl (C=O) groups is 2. The first kappa shape index (κ1) is 21.1. The number of urea groups is 1. The summed E-state index contributed by atoms with van der Waals surface area (Å²) in [5.74, 6) is -0.165. The third kappa shape index (κ3) is 6.18. The molecule has 6 nitrogen and oxygen atoms in total. The summed E-state index contributed by atoms with van der Waals surface area (Å²) in [6, 6.07) is 26.2. The van der Waals surface area contributed by atoms with E-state index >= 15 is 0 Å². The smallest absolute Gasteiger partial charge is 0.319 e. The van der Waals surface area contributed by atoms with Gasteiger partial charge in [-0.3, -0.25) is 4.79 Å². The Morgan fingerprint density at radius 3 is 2.03 bits per heavy atom. The summed E-state index contributed by atoms with van der Waals surface area (Å²) in [5, 5.41) is 8.47. The van der Waals surface area contributed by atoms with Crippen LogP contribution in [0.15, 0.2) is 84.9 Å². The molecule has 0 heterocycles. The highest BCUT2D eigenvalue weighted by Crippen LogP contribution is 2.21. The monoisotopic (exact) mass is 402 g/mol. The molecule has 154 valence electrons. The van der Waals surface area contributed by atoms with Crippen LogP contribution in [0.1, 0.15) is 18.0 Å². The van der Waals surface area contributed by atoms with Gasteiger partial charge < -0.3 is 21.7 Å². The second kappa shape index (κ2) is 10.8. The van der Waals surface area contributed by atoms with E-state index in [9.17, 15) is 9.59 Å². The minimum Gasteiger partial charge on any atom is -0.355 e. The summed E-state index contributed by atoms with van der Waals surface area (Å²) in [7, 11) is 0. The van der Waals surface area contributed by atoms with Gasteiger partial charge in [-0.25, -0.2) is 4.79 Å². The van der Waals surface area contributed by atoms with Gasteiger partial charge >= 0.3 is 6.03 Å². The average molecular weight is 402 g/mol. The van der Waals surface area contributed by atoms with Crippen molar-refractivity contribution >= 4 is 17.6 Å². The maximum atomic E-state index is 12.6. The second-order valence-corrected chi connectivity index (χ2v) is 6.85. The van der Waals surface area contributed by atoms with Crippen LogP contribution in [0.4, 0.5) is 10.5 Å². The number of nitrogens with one attached hydrogen (secondary N) is 3. The SMILES string of the molecule is NCCNC(=O)CC(NC(=O)Nc1ccc(-c2ccccc2)cc1)c1ccccc1. The molecule has 0 aliphatic heterocycles. The molecule has 0 fully saturated rings. The van der Waals surface area contributed by atoms with Crippen LogP contribution in [-0.2, 0) is 4.79 Å². The molecule has 6 heteroatoms. The minimum absolute atomic E-state index is 0.129. The number of hydrogen-bond acceptors (Lipinski definition) is 3. The van der Waals surface area contributed by atoms with Crippen molar-refractivity contribution in [1.29, 1.82) is 0 Å². The normalized spacial score (nSPS) is 11.4. The fourth-order valence-corrected chi connectivity index (χ4v) is 3.11. The Labute approximate surface area is 176 Å². The van der Waals surface area contributed by atoms with Crippen LogP contribution in [0.2, 0.25) is 0 Å². The number of hydrogen-bond donors (Lipinski definition) is 4. The highest BCUT2D eigenvalue weighted by Gasteiger charge is 2.18. The molecular formula is C24H26N4O2. The van der Waals surface area contributed by atoms with E-state index in [1.807, 2.05) is 84.9 Å².